The van der Waals surface area contributed by atoms with Crippen molar-refractivity contribution in [3.8, 4) is 5.75 Å². The van der Waals surface area contributed by atoms with E-state index in [9.17, 15) is 4.79 Å². The average molecular weight is 391 g/mol. The zero-order chi connectivity index (χ0) is 18.8. The lowest BCUT2D eigenvalue weighted by Gasteiger charge is -2.30. The highest BCUT2D eigenvalue weighted by Gasteiger charge is 2.23. The van der Waals surface area contributed by atoms with E-state index in [1.165, 1.54) is 17.8 Å². The number of hydrogen-bond donors (Lipinski definition) is 1. The molecule has 0 radical (unpaired) electrons. The number of thiazole rings is 1. The maximum Gasteiger partial charge on any atom is 0.323 e. The van der Waals surface area contributed by atoms with Crippen LogP contribution in [0, 0.1) is 5.92 Å². The molecule has 0 bridgehead atoms. The summed E-state index contributed by atoms with van der Waals surface area (Å²) in [6.07, 6.45) is 2.24. The summed E-state index contributed by atoms with van der Waals surface area (Å²) in [7, 11) is 1.65. The van der Waals surface area contributed by atoms with Gasteiger partial charge in [-0.15, -0.1) is 0 Å². The summed E-state index contributed by atoms with van der Waals surface area (Å²) in [5.41, 5.74) is 1.92. The van der Waals surface area contributed by atoms with Crippen LogP contribution in [0.4, 0.5) is 15.6 Å². The largest absolute Gasteiger partial charge is 0.494 e. The Morgan fingerprint density at radius 2 is 2.15 bits per heavy atom. The molecule has 3 heterocycles. The molecule has 2 aliphatic heterocycles. The van der Waals surface area contributed by atoms with Crippen LogP contribution in [0.5, 0.6) is 5.75 Å². The second kappa shape index (κ2) is 7.90. The second-order valence-corrected chi connectivity index (χ2v) is 8.21. The Morgan fingerprint density at radius 3 is 2.89 bits per heavy atom. The molecule has 0 aliphatic carbocycles. The topological polar surface area (TPSA) is 66.9 Å². The summed E-state index contributed by atoms with van der Waals surface area (Å²) < 4.78 is 12.0. The van der Waals surface area contributed by atoms with Crippen LogP contribution in [0.2, 0.25) is 0 Å². The standard InChI is InChI=1S/C19H26N4O3S/c1-13-4-3-7-23(12-13)19(24)21-18-20-16-15(25-2)6-5-14(17(16)27-18)22-8-10-26-11-9-22/h5-6,13H,3-4,7-12H2,1-2H3,(H,20,21,24)/t13-/m1/s1. The number of carbonyl (C=O) groups is 1. The molecule has 2 aliphatic rings. The molecule has 7 nitrogen and oxygen atoms in total. The Kier molecular flexibility index (Phi) is 5.36. The highest BCUT2D eigenvalue weighted by molar-refractivity contribution is 7.23. The molecular formula is C19H26N4O3S. The first-order valence-corrected chi connectivity index (χ1v) is 10.3. The molecule has 1 atom stereocenters. The number of morpholine rings is 1. The van der Waals surface area contributed by atoms with E-state index in [-0.39, 0.29) is 6.03 Å². The van der Waals surface area contributed by atoms with E-state index >= 15 is 0 Å². The number of urea groups is 1. The Balaban J connectivity index is 1.61. The van der Waals surface area contributed by atoms with Gasteiger partial charge < -0.3 is 19.3 Å². The SMILES string of the molecule is COc1ccc(N2CCOCC2)c2sc(NC(=O)N3CCC[C@@H](C)C3)nc12. The fourth-order valence-electron chi connectivity index (χ4n) is 3.79. The highest BCUT2D eigenvalue weighted by atomic mass is 32.1. The molecule has 2 fully saturated rings. The van der Waals surface area contributed by atoms with Crippen LogP contribution in [0.3, 0.4) is 0 Å². The number of hydrogen-bond acceptors (Lipinski definition) is 6. The number of rotatable bonds is 3. The summed E-state index contributed by atoms with van der Waals surface area (Å²) in [5.74, 6) is 1.28. The van der Waals surface area contributed by atoms with Crippen molar-refractivity contribution >= 4 is 38.4 Å². The molecule has 1 N–H and O–H groups in total. The van der Waals surface area contributed by atoms with Gasteiger partial charge in [-0.1, -0.05) is 18.3 Å². The smallest absolute Gasteiger partial charge is 0.323 e. The van der Waals surface area contributed by atoms with E-state index in [0.717, 1.165) is 67.5 Å². The van der Waals surface area contributed by atoms with E-state index in [1.807, 2.05) is 11.0 Å². The third-order valence-electron chi connectivity index (χ3n) is 5.22. The zero-order valence-corrected chi connectivity index (χ0v) is 16.7. The first kappa shape index (κ1) is 18.3. The number of amides is 2. The van der Waals surface area contributed by atoms with Gasteiger partial charge in [0.05, 0.1) is 30.7 Å². The predicted octanol–water partition coefficient (Wildman–Crippen LogP) is 3.41. The van der Waals surface area contributed by atoms with Gasteiger partial charge >= 0.3 is 6.03 Å². The molecule has 2 amide bonds. The van der Waals surface area contributed by atoms with Gasteiger partial charge in [0.15, 0.2) is 5.13 Å². The van der Waals surface area contributed by atoms with Gasteiger partial charge in [-0.3, -0.25) is 5.32 Å². The Labute approximate surface area is 163 Å². The number of piperidine rings is 1. The minimum atomic E-state index is -0.0625. The number of methoxy groups -OCH3 is 1. The molecule has 27 heavy (non-hydrogen) atoms. The van der Waals surface area contributed by atoms with Gasteiger partial charge in [0.25, 0.3) is 0 Å². The Bertz CT molecular complexity index is 819. The van der Waals surface area contributed by atoms with E-state index in [4.69, 9.17) is 9.47 Å². The predicted molar refractivity (Wildman–Crippen MR) is 108 cm³/mol. The van der Waals surface area contributed by atoms with Crippen LogP contribution >= 0.6 is 11.3 Å². The molecule has 8 heteroatoms. The van der Waals surface area contributed by atoms with E-state index in [1.54, 1.807) is 7.11 Å². The molecule has 146 valence electrons. The average Bonchev–Trinajstić information content (AvgIpc) is 3.11. The second-order valence-electron chi connectivity index (χ2n) is 7.21. The molecule has 4 rings (SSSR count). The lowest BCUT2D eigenvalue weighted by Crippen LogP contribution is -2.41. The van der Waals surface area contributed by atoms with Crippen molar-refractivity contribution in [1.82, 2.24) is 9.88 Å². The van der Waals surface area contributed by atoms with Crippen LogP contribution in [-0.4, -0.2) is 62.4 Å². The number of anilines is 2. The van der Waals surface area contributed by atoms with Gasteiger partial charge in [0.1, 0.15) is 11.3 Å². The van der Waals surface area contributed by atoms with E-state index in [2.05, 4.69) is 28.2 Å². The highest BCUT2D eigenvalue weighted by Crippen LogP contribution is 2.39. The number of nitrogens with one attached hydrogen (secondary N) is 1. The fourth-order valence-corrected chi connectivity index (χ4v) is 4.80. The zero-order valence-electron chi connectivity index (χ0n) is 15.9. The number of carbonyl (C=O) groups excluding carboxylic acids is 1. The molecule has 0 unspecified atom stereocenters. The van der Waals surface area contributed by atoms with Crippen molar-refractivity contribution in [1.29, 1.82) is 0 Å². The molecular weight excluding hydrogens is 364 g/mol. The minimum Gasteiger partial charge on any atom is -0.494 e. The maximum absolute atomic E-state index is 12.7. The van der Waals surface area contributed by atoms with Crippen LogP contribution in [0.1, 0.15) is 19.8 Å². The summed E-state index contributed by atoms with van der Waals surface area (Å²) in [4.78, 5) is 21.5. The van der Waals surface area contributed by atoms with Crippen LogP contribution < -0.4 is 15.0 Å². The van der Waals surface area contributed by atoms with Crippen molar-refractivity contribution in [3.05, 3.63) is 12.1 Å². The van der Waals surface area contributed by atoms with Crippen molar-refractivity contribution < 1.29 is 14.3 Å². The minimum absolute atomic E-state index is 0.0625. The fraction of sp³-hybridized carbons (Fsp3) is 0.579. The van der Waals surface area contributed by atoms with Crippen LogP contribution in [0.25, 0.3) is 10.2 Å². The third kappa shape index (κ3) is 3.82. The quantitative estimate of drug-likeness (QED) is 0.870. The van der Waals surface area contributed by atoms with Crippen LogP contribution in [0.15, 0.2) is 12.1 Å². The van der Waals surface area contributed by atoms with E-state index in [0.29, 0.717) is 11.0 Å². The Hall–Kier alpha value is -2.06. The lowest BCUT2D eigenvalue weighted by molar-refractivity contribution is 0.123. The van der Waals surface area contributed by atoms with Gasteiger partial charge in [-0.05, 0) is 30.9 Å². The first-order valence-electron chi connectivity index (χ1n) is 9.52. The van der Waals surface area contributed by atoms with Gasteiger partial charge in [-0.2, -0.15) is 0 Å². The lowest BCUT2D eigenvalue weighted by atomic mass is 10.0. The van der Waals surface area contributed by atoms with Crippen molar-refractivity contribution in [3.63, 3.8) is 0 Å². The van der Waals surface area contributed by atoms with E-state index < -0.39 is 0 Å². The summed E-state index contributed by atoms with van der Waals surface area (Å²) in [6.45, 7) is 6.96. The normalized spacial score (nSPS) is 20.7. The number of aromatic nitrogens is 1. The number of ether oxygens (including phenoxy) is 2. The van der Waals surface area contributed by atoms with Crippen molar-refractivity contribution in [2.24, 2.45) is 5.92 Å². The van der Waals surface area contributed by atoms with Crippen molar-refractivity contribution in [2.45, 2.75) is 19.8 Å². The monoisotopic (exact) mass is 390 g/mol. The third-order valence-corrected chi connectivity index (χ3v) is 6.21. The molecule has 2 saturated heterocycles. The van der Waals surface area contributed by atoms with Gasteiger partial charge in [0, 0.05) is 26.2 Å². The molecule has 1 aromatic heterocycles. The maximum atomic E-state index is 12.7. The van der Waals surface area contributed by atoms with Crippen LogP contribution in [-0.2, 0) is 4.74 Å². The van der Waals surface area contributed by atoms with Gasteiger partial charge in [0.2, 0.25) is 0 Å². The number of fused-ring (bicyclic) bond motifs is 1. The molecule has 2 aromatic rings. The Morgan fingerprint density at radius 1 is 1.33 bits per heavy atom. The molecule has 1 aromatic carbocycles. The molecule has 0 saturated carbocycles. The van der Waals surface area contributed by atoms with Crippen molar-refractivity contribution in [2.75, 3.05) is 56.7 Å². The molecule has 0 spiro atoms. The summed E-state index contributed by atoms with van der Waals surface area (Å²) in [5, 5.41) is 3.62. The van der Waals surface area contributed by atoms with Gasteiger partial charge in [-0.25, -0.2) is 9.78 Å². The number of likely N-dealkylation sites (tertiary alicyclic amines) is 1. The summed E-state index contributed by atoms with van der Waals surface area (Å²) in [6, 6.07) is 3.96. The number of benzene rings is 1. The number of nitrogens with zero attached hydrogens (tertiary/aromatic N) is 3. The summed E-state index contributed by atoms with van der Waals surface area (Å²) >= 11 is 1.51. The first-order chi connectivity index (χ1) is 13.2.